The molecule has 0 unspecified atom stereocenters. The zero-order chi connectivity index (χ0) is 15.4. The molecule has 3 heterocycles. The average molecular weight is 302 g/mol. The molecule has 112 valence electrons. The monoisotopic (exact) mass is 302 g/mol. The molecule has 1 aliphatic carbocycles. The maximum Gasteiger partial charge on any atom is 0.252 e. The van der Waals surface area contributed by atoms with Gasteiger partial charge < -0.3 is 5.32 Å². The molecule has 0 fully saturated rings. The largest absolute Gasteiger partial charge is 0.348 e. The standard InChI is InChI=1S/C18H14N4O/c23-18(14-5-6-17-15(14)10-21-11-22(17)21)20-9-12-7-8-19-16-4-2-1-3-13(12)16/h1-8,10H,9,11H2,(H,20,23). The van der Waals surface area contributed by atoms with Gasteiger partial charge in [-0.3, -0.25) is 19.1 Å². The van der Waals surface area contributed by atoms with Crippen molar-refractivity contribution in [3.05, 3.63) is 66.0 Å². The summed E-state index contributed by atoms with van der Waals surface area (Å²) in [5, 5.41) is 4.11. The minimum absolute atomic E-state index is 0.0351. The van der Waals surface area contributed by atoms with Gasteiger partial charge in [-0.25, -0.2) is 0 Å². The molecular weight excluding hydrogens is 288 g/mol. The van der Waals surface area contributed by atoms with Crippen molar-refractivity contribution in [2.24, 2.45) is 0 Å². The molecule has 0 atom stereocenters. The molecule has 1 amide bonds. The summed E-state index contributed by atoms with van der Waals surface area (Å²) in [5.74, 6) is -0.0351. The maximum absolute atomic E-state index is 12.5. The van der Waals surface area contributed by atoms with E-state index in [-0.39, 0.29) is 5.91 Å². The summed E-state index contributed by atoms with van der Waals surface area (Å²) >= 11 is 0. The first-order chi connectivity index (χ1) is 11.3. The molecule has 0 saturated carbocycles. The second-order valence-corrected chi connectivity index (χ2v) is 5.83. The molecule has 5 heteroatoms. The highest BCUT2D eigenvalue weighted by molar-refractivity contribution is 6.02. The average Bonchev–Trinajstić information content (AvgIpc) is 3.07. The summed E-state index contributed by atoms with van der Waals surface area (Å²) in [4.78, 5) is 16.9. The van der Waals surface area contributed by atoms with Gasteiger partial charge in [0.05, 0.1) is 16.8 Å². The van der Waals surface area contributed by atoms with Crippen molar-refractivity contribution in [1.82, 2.24) is 19.7 Å². The summed E-state index contributed by atoms with van der Waals surface area (Å²) < 4.78 is 4.24. The molecular formula is C18H14N4O. The van der Waals surface area contributed by atoms with Crippen LogP contribution in [-0.4, -0.2) is 20.3 Å². The molecule has 1 N–H and O–H groups in total. The van der Waals surface area contributed by atoms with Gasteiger partial charge in [0, 0.05) is 29.9 Å². The van der Waals surface area contributed by atoms with E-state index in [0.717, 1.165) is 40.0 Å². The number of pyridine rings is 1. The fraction of sp³-hybridized carbons (Fsp3) is 0.111. The van der Waals surface area contributed by atoms with Crippen molar-refractivity contribution < 1.29 is 4.79 Å². The molecule has 0 bridgehead atoms. The number of hydrogen-bond donors (Lipinski definition) is 1. The SMILES string of the molecule is O=C(NCc1ccnc2ccccc12)c1ccc2n3n(cc1-2)C3. The number of amides is 1. The molecule has 2 aliphatic heterocycles. The number of carbonyl (C=O) groups is 1. The van der Waals surface area contributed by atoms with Crippen molar-refractivity contribution >= 4 is 16.8 Å². The van der Waals surface area contributed by atoms with E-state index in [4.69, 9.17) is 0 Å². The van der Waals surface area contributed by atoms with Gasteiger partial charge in [0.25, 0.3) is 5.91 Å². The molecule has 5 rings (SSSR count). The Balaban J connectivity index is 1.40. The normalized spacial score (nSPS) is 12.5. The van der Waals surface area contributed by atoms with Crippen LogP contribution in [0.4, 0.5) is 0 Å². The summed E-state index contributed by atoms with van der Waals surface area (Å²) in [6.45, 7) is 1.43. The quantitative estimate of drug-likeness (QED) is 0.557. The molecule has 3 aliphatic rings. The van der Waals surface area contributed by atoms with Crippen LogP contribution < -0.4 is 5.32 Å². The molecule has 0 spiro atoms. The van der Waals surface area contributed by atoms with Crippen LogP contribution in [0.3, 0.4) is 0 Å². The van der Waals surface area contributed by atoms with Crippen molar-refractivity contribution in [3.63, 3.8) is 0 Å². The van der Waals surface area contributed by atoms with Crippen molar-refractivity contribution in [2.75, 3.05) is 0 Å². The lowest BCUT2D eigenvalue weighted by molar-refractivity contribution is 0.0952. The Kier molecular flexibility index (Phi) is 2.42. The number of hydrogen-bond acceptors (Lipinski definition) is 2. The Labute approximate surface area is 132 Å². The van der Waals surface area contributed by atoms with Crippen LogP contribution in [0.2, 0.25) is 0 Å². The van der Waals surface area contributed by atoms with E-state index in [9.17, 15) is 4.79 Å². The zero-order valence-electron chi connectivity index (χ0n) is 12.4. The fourth-order valence-corrected chi connectivity index (χ4v) is 3.20. The minimum Gasteiger partial charge on any atom is -0.348 e. The molecule has 2 aromatic rings. The Morgan fingerprint density at radius 3 is 3.04 bits per heavy atom. The second kappa shape index (κ2) is 4.46. The first-order valence-electron chi connectivity index (χ1n) is 7.61. The van der Waals surface area contributed by atoms with Crippen molar-refractivity contribution in [2.45, 2.75) is 13.2 Å². The first kappa shape index (κ1) is 12.5. The number of para-hydroxylation sites is 1. The Bertz CT molecular complexity index is 1020. The van der Waals surface area contributed by atoms with Gasteiger partial charge in [-0.2, -0.15) is 0 Å². The van der Waals surface area contributed by atoms with E-state index in [1.807, 2.05) is 48.7 Å². The molecule has 1 aromatic carbocycles. The highest BCUT2D eigenvalue weighted by atomic mass is 16.1. The van der Waals surface area contributed by atoms with Crippen LogP contribution in [0.5, 0.6) is 0 Å². The van der Waals surface area contributed by atoms with E-state index < -0.39 is 0 Å². The maximum atomic E-state index is 12.5. The van der Waals surface area contributed by atoms with Crippen LogP contribution in [0.1, 0.15) is 15.9 Å². The third-order valence-corrected chi connectivity index (χ3v) is 4.46. The van der Waals surface area contributed by atoms with Crippen LogP contribution in [0.15, 0.2) is 54.9 Å². The van der Waals surface area contributed by atoms with Crippen LogP contribution in [-0.2, 0) is 13.2 Å². The molecule has 23 heavy (non-hydrogen) atoms. The number of aromatic nitrogens is 3. The van der Waals surface area contributed by atoms with Crippen LogP contribution >= 0.6 is 0 Å². The Hall–Kier alpha value is -3.08. The number of carbonyl (C=O) groups excluding carboxylic acids is 1. The predicted octanol–water partition coefficient (Wildman–Crippen LogP) is 2.69. The lowest BCUT2D eigenvalue weighted by Crippen LogP contribution is -2.22. The van der Waals surface area contributed by atoms with Gasteiger partial charge >= 0.3 is 0 Å². The van der Waals surface area contributed by atoms with Gasteiger partial charge in [0.1, 0.15) is 6.67 Å². The summed E-state index contributed by atoms with van der Waals surface area (Å²) in [7, 11) is 0. The number of nitrogens with one attached hydrogen (secondary N) is 1. The number of benzene rings is 1. The van der Waals surface area contributed by atoms with Gasteiger partial charge in [-0.1, -0.05) is 18.2 Å². The smallest absolute Gasteiger partial charge is 0.252 e. The molecule has 1 aromatic heterocycles. The summed E-state index contributed by atoms with van der Waals surface area (Å²) in [6, 6.07) is 13.8. The van der Waals surface area contributed by atoms with Gasteiger partial charge in [-0.05, 0) is 29.8 Å². The first-order valence-corrected chi connectivity index (χ1v) is 7.61. The van der Waals surface area contributed by atoms with E-state index >= 15 is 0 Å². The lowest BCUT2D eigenvalue weighted by Gasteiger charge is -2.08. The van der Waals surface area contributed by atoms with Gasteiger partial charge in [0.2, 0.25) is 0 Å². The third kappa shape index (κ3) is 1.86. The van der Waals surface area contributed by atoms with Crippen molar-refractivity contribution in [1.29, 1.82) is 0 Å². The highest BCUT2D eigenvalue weighted by Gasteiger charge is 2.27. The van der Waals surface area contributed by atoms with Crippen LogP contribution in [0, 0.1) is 0 Å². The van der Waals surface area contributed by atoms with E-state index in [1.54, 1.807) is 6.20 Å². The molecule has 5 nitrogen and oxygen atoms in total. The summed E-state index contributed by atoms with van der Waals surface area (Å²) in [5.41, 5.74) is 4.91. The van der Waals surface area contributed by atoms with Gasteiger partial charge in [-0.15, -0.1) is 0 Å². The minimum atomic E-state index is -0.0351. The molecule has 0 saturated heterocycles. The summed E-state index contributed by atoms with van der Waals surface area (Å²) in [6.07, 6.45) is 3.82. The number of rotatable bonds is 3. The van der Waals surface area contributed by atoms with Crippen LogP contribution in [0.25, 0.3) is 22.2 Å². The topological polar surface area (TPSA) is 51.9 Å². The van der Waals surface area contributed by atoms with Crippen molar-refractivity contribution in [3.8, 4) is 11.3 Å². The Morgan fingerprint density at radius 2 is 2.09 bits per heavy atom. The second-order valence-electron chi connectivity index (χ2n) is 5.83. The lowest BCUT2D eigenvalue weighted by atomic mass is 10.1. The van der Waals surface area contributed by atoms with E-state index in [1.165, 1.54) is 0 Å². The molecule has 0 radical (unpaired) electrons. The Morgan fingerprint density at radius 1 is 1.17 bits per heavy atom. The zero-order valence-corrected chi connectivity index (χ0v) is 12.4. The number of fused-ring (bicyclic) bond motifs is 4. The number of nitrogens with zero attached hydrogens (tertiary/aromatic N) is 3. The highest BCUT2D eigenvalue weighted by Crippen LogP contribution is 2.34. The van der Waals surface area contributed by atoms with E-state index in [2.05, 4.69) is 19.7 Å². The third-order valence-electron chi connectivity index (χ3n) is 4.46. The predicted molar refractivity (Wildman–Crippen MR) is 87.4 cm³/mol. The van der Waals surface area contributed by atoms with E-state index in [0.29, 0.717) is 6.54 Å². The fourth-order valence-electron chi connectivity index (χ4n) is 3.20. The van der Waals surface area contributed by atoms with Gasteiger partial charge in [0.15, 0.2) is 0 Å².